The second-order valence-electron chi connectivity index (χ2n) is 12.0. The van der Waals surface area contributed by atoms with Gasteiger partial charge in [0.05, 0.1) is 19.1 Å². The summed E-state index contributed by atoms with van der Waals surface area (Å²) in [7, 11) is 0. The number of cyclic esters (lactones) is 1. The van der Waals surface area contributed by atoms with Crippen molar-refractivity contribution in [3.63, 3.8) is 0 Å². The Hall–Kier alpha value is -3.02. The Labute approximate surface area is 259 Å². The number of carbonyl (C=O) groups is 4. The maximum absolute atomic E-state index is 14.6. The van der Waals surface area contributed by atoms with E-state index >= 15 is 0 Å². The number of aliphatic hydroxyl groups is 1. The number of esters is 1. The largest absolute Gasteiger partial charge is 0.455 e. The van der Waals surface area contributed by atoms with Crippen molar-refractivity contribution in [2.45, 2.75) is 74.8 Å². The van der Waals surface area contributed by atoms with Crippen molar-refractivity contribution in [1.29, 1.82) is 0 Å². The molecule has 1 spiro atoms. The monoisotopic (exact) mass is 655 g/mol. The van der Waals surface area contributed by atoms with E-state index < -0.39 is 47.6 Å². The zero-order valence-corrected chi connectivity index (χ0v) is 25.6. The van der Waals surface area contributed by atoms with Crippen molar-refractivity contribution in [3.8, 4) is 0 Å². The second-order valence-corrected chi connectivity index (χ2v) is 12.9. The number of benzene rings is 1. The summed E-state index contributed by atoms with van der Waals surface area (Å²) in [4.78, 5) is 58.8. The fourth-order valence-corrected chi connectivity index (χ4v) is 8.25. The molecule has 1 aromatic rings. The molecule has 0 aromatic heterocycles. The summed E-state index contributed by atoms with van der Waals surface area (Å²) in [5.41, 5.74) is -0.671. The van der Waals surface area contributed by atoms with Crippen LogP contribution in [0.1, 0.15) is 56.6 Å². The van der Waals surface area contributed by atoms with Gasteiger partial charge in [-0.3, -0.25) is 19.2 Å². The molecular weight excluding hydrogens is 618 g/mol. The first kappa shape index (κ1) is 30.0. The Balaban J connectivity index is 1.41. The van der Waals surface area contributed by atoms with E-state index in [0.717, 1.165) is 32.1 Å². The maximum atomic E-state index is 14.6. The molecule has 11 heteroatoms. The number of fused-ring (bicyclic) bond motifs is 2. The number of nitrogens with one attached hydrogen (secondary N) is 1. The number of ether oxygens (including phenoxy) is 2. The predicted molar refractivity (Wildman–Crippen MR) is 159 cm³/mol. The molecule has 0 radical (unpaired) electrons. The number of rotatable bonds is 4. The molecule has 4 aliphatic heterocycles. The number of β-amino-alcohol motifs (C(OH)–C–C–N with tert-alkyl or cyclic N) is 1. The van der Waals surface area contributed by atoms with E-state index in [2.05, 4.69) is 21.2 Å². The van der Waals surface area contributed by atoms with Crippen LogP contribution >= 0.6 is 15.9 Å². The smallest absolute Gasteiger partial charge is 0.313 e. The lowest BCUT2D eigenvalue weighted by atomic mass is 9.74. The highest BCUT2D eigenvalue weighted by Crippen LogP contribution is 2.59. The van der Waals surface area contributed by atoms with E-state index in [0.29, 0.717) is 23.0 Å². The van der Waals surface area contributed by atoms with Crippen LogP contribution in [-0.4, -0.2) is 88.6 Å². The van der Waals surface area contributed by atoms with Gasteiger partial charge in [-0.2, -0.15) is 0 Å². The van der Waals surface area contributed by atoms with Crippen molar-refractivity contribution in [2.75, 3.05) is 26.2 Å². The highest BCUT2D eigenvalue weighted by molar-refractivity contribution is 9.11. The Bertz CT molecular complexity index is 1310. The first-order chi connectivity index (χ1) is 20.9. The second kappa shape index (κ2) is 12.5. The lowest BCUT2D eigenvalue weighted by molar-refractivity contribution is -0.160. The molecule has 10 nitrogen and oxygen atoms in total. The summed E-state index contributed by atoms with van der Waals surface area (Å²) in [5, 5.41) is 12.9. The highest BCUT2D eigenvalue weighted by Gasteiger charge is 2.75. The van der Waals surface area contributed by atoms with Gasteiger partial charge < -0.3 is 29.7 Å². The van der Waals surface area contributed by atoms with Gasteiger partial charge in [0.1, 0.15) is 29.8 Å². The van der Waals surface area contributed by atoms with Crippen LogP contribution in [0, 0.1) is 11.8 Å². The van der Waals surface area contributed by atoms with E-state index in [1.165, 1.54) is 4.90 Å². The number of halogens is 1. The average Bonchev–Trinajstić information content (AvgIpc) is 3.60. The third kappa shape index (κ3) is 5.44. The number of carbonyl (C=O) groups excluding carboxylic acids is 4. The van der Waals surface area contributed by atoms with E-state index in [1.807, 2.05) is 47.4 Å². The van der Waals surface area contributed by atoms with Crippen LogP contribution in [-0.2, 0) is 28.7 Å². The number of allylic oxidation sites excluding steroid dienone is 1. The zero-order valence-electron chi connectivity index (χ0n) is 24.0. The van der Waals surface area contributed by atoms with Crippen LogP contribution in [0.3, 0.4) is 0 Å². The fourth-order valence-electron chi connectivity index (χ4n) is 7.51. The van der Waals surface area contributed by atoms with Gasteiger partial charge in [-0.15, -0.1) is 0 Å². The van der Waals surface area contributed by atoms with Crippen molar-refractivity contribution < 1.29 is 33.8 Å². The number of hydrogen-bond donors (Lipinski definition) is 2. The molecule has 6 atom stereocenters. The molecule has 1 saturated carbocycles. The van der Waals surface area contributed by atoms with Gasteiger partial charge in [-0.1, -0.05) is 77.7 Å². The van der Waals surface area contributed by atoms with E-state index in [1.54, 1.807) is 6.08 Å². The van der Waals surface area contributed by atoms with Crippen molar-refractivity contribution in [1.82, 2.24) is 15.1 Å². The maximum Gasteiger partial charge on any atom is 0.313 e. The summed E-state index contributed by atoms with van der Waals surface area (Å²) >= 11 is 3.57. The normalized spacial score (nSPS) is 34.6. The Morgan fingerprint density at radius 2 is 1.79 bits per heavy atom. The third-order valence-electron chi connectivity index (χ3n) is 9.49. The quantitative estimate of drug-likeness (QED) is 0.377. The van der Waals surface area contributed by atoms with Gasteiger partial charge in [0.2, 0.25) is 17.7 Å². The topological polar surface area (TPSA) is 125 Å². The fraction of sp³-hybridized carbons (Fsp3) is 0.562. The minimum absolute atomic E-state index is 0.00349. The highest BCUT2D eigenvalue weighted by atomic mass is 79.9. The van der Waals surface area contributed by atoms with Crippen molar-refractivity contribution in [3.05, 3.63) is 58.6 Å². The summed E-state index contributed by atoms with van der Waals surface area (Å²) < 4.78 is 13.2. The van der Waals surface area contributed by atoms with Crippen LogP contribution in [0.2, 0.25) is 0 Å². The predicted octanol–water partition coefficient (Wildman–Crippen LogP) is 2.76. The molecule has 6 rings (SSSR count). The number of aliphatic hydroxyl groups excluding tert-OH is 1. The molecule has 3 amide bonds. The molecule has 2 N–H and O–H groups in total. The van der Waals surface area contributed by atoms with Gasteiger partial charge in [0, 0.05) is 30.0 Å². The van der Waals surface area contributed by atoms with E-state index in [-0.39, 0.29) is 44.0 Å². The van der Waals surface area contributed by atoms with Crippen LogP contribution < -0.4 is 5.32 Å². The minimum atomic E-state index is -1.38. The SMILES string of the molecule is O=C1CC/C=C\CN(C2CCCCC2)C(=O)[C@@H]2N(CCO)C(=O)[C@H]3[C@H](C(=O)O[C@H](c4ccccc4)CN1)[C@H]1O[C@@]23C=C1Br. The molecule has 2 saturated heterocycles. The Morgan fingerprint density at radius 3 is 2.53 bits per heavy atom. The van der Waals surface area contributed by atoms with E-state index in [9.17, 15) is 24.3 Å². The third-order valence-corrected chi connectivity index (χ3v) is 10.2. The number of hydrogen-bond acceptors (Lipinski definition) is 7. The summed E-state index contributed by atoms with van der Waals surface area (Å²) in [6, 6.07) is 8.11. The molecule has 4 heterocycles. The first-order valence-corrected chi connectivity index (χ1v) is 16.1. The molecule has 5 bridgehead atoms. The van der Waals surface area contributed by atoms with Gasteiger partial charge in [0.15, 0.2) is 0 Å². The molecule has 43 heavy (non-hydrogen) atoms. The summed E-state index contributed by atoms with van der Waals surface area (Å²) in [6.45, 7) is 0.0204. The van der Waals surface area contributed by atoms with E-state index in [4.69, 9.17) is 9.47 Å². The number of likely N-dealkylation sites (tertiary alicyclic amines) is 1. The lowest BCUT2D eigenvalue weighted by Crippen LogP contribution is -2.58. The van der Waals surface area contributed by atoms with Crippen LogP contribution in [0.25, 0.3) is 0 Å². The molecule has 1 aliphatic carbocycles. The Morgan fingerprint density at radius 1 is 1.02 bits per heavy atom. The minimum Gasteiger partial charge on any atom is -0.455 e. The molecule has 1 aromatic carbocycles. The first-order valence-electron chi connectivity index (χ1n) is 15.3. The summed E-state index contributed by atoms with van der Waals surface area (Å²) in [5.74, 6) is -3.46. The standard InChI is InChI=1S/C32H38BrN3O7/c33-22-18-32-26-25(27(22)43-32)31(41)42-23(20-10-4-1-5-11-20)19-34-24(38)14-8-3-9-15-35(21-12-6-2-7-13-21)30(40)28(32)36(16-17-37)29(26)39/h1,3-5,9-11,18,21,23,25-28,37H,2,6-8,12-17,19H2,(H,34,38)/b9-3-/t23-,25-,26+,27-,28-,32+/m0/s1. The van der Waals surface area contributed by atoms with Crippen LogP contribution in [0.5, 0.6) is 0 Å². The van der Waals surface area contributed by atoms with Gasteiger partial charge in [0.25, 0.3) is 0 Å². The lowest BCUT2D eigenvalue weighted by Gasteiger charge is -2.40. The van der Waals surface area contributed by atoms with Crippen molar-refractivity contribution in [2.24, 2.45) is 11.8 Å². The number of nitrogens with zero attached hydrogens (tertiary/aromatic N) is 2. The van der Waals surface area contributed by atoms with Crippen LogP contribution in [0.15, 0.2) is 53.0 Å². The van der Waals surface area contributed by atoms with Gasteiger partial charge in [-0.25, -0.2) is 0 Å². The molecular formula is C32H38BrN3O7. The molecule has 5 aliphatic rings. The Kier molecular flexibility index (Phi) is 8.75. The summed E-state index contributed by atoms with van der Waals surface area (Å²) in [6.07, 6.45) is 9.62. The molecule has 3 fully saturated rings. The molecule has 0 unspecified atom stereocenters. The van der Waals surface area contributed by atoms with Crippen molar-refractivity contribution >= 4 is 39.6 Å². The van der Waals surface area contributed by atoms with Gasteiger partial charge in [-0.05, 0) is 30.9 Å². The average molecular weight is 657 g/mol. The number of amides is 3. The van der Waals surface area contributed by atoms with Crippen LogP contribution in [0.4, 0.5) is 0 Å². The zero-order chi connectivity index (χ0) is 30.1. The molecule has 230 valence electrons. The van der Waals surface area contributed by atoms with Gasteiger partial charge >= 0.3 is 5.97 Å².